The lowest BCUT2D eigenvalue weighted by molar-refractivity contribution is -0.159. The van der Waals surface area contributed by atoms with Crippen LogP contribution in [0.2, 0.25) is 0 Å². The van der Waals surface area contributed by atoms with Gasteiger partial charge in [-0.05, 0) is 69.0 Å². The molecule has 168 valence electrons. The van der Waals surface area contributed by atoms with Crippen molar-refractivity contribution in [2.24, 2.45) is 0 Å². The molecule has 1 aliphatic rings. The van der Waals surface area contributed by atoms with E-state index in [4.69, 9.17) is 9.47 Å². The van der Waals surface area contributed by atoms with Gasteiger partial charge < -0.3 is 9.47 Å². The van der Waals surface area contributed by atoms with Crippen molar-refractivity contribution in [3.8, 4) is 17.6 Å². The molecular weight excluding hydrogens is 428 g/mol. The molecular formula is C29H29O3S+. The predicted molar refractivity (Wildman–Crippen MR) is 132 cm³/mol. The first-order valence-electron chi connectivity index (χ1n) is 11.4. The Morgan fingerprint density at radius 1 is 0.848 bits per heavy atom. The zero-order chi connectivity index (χ0) is 22.9. The number of carbonyl (C=O) groups is 1. The third-order valence-electron chi connectivity index (χ3n) is 5.68. The Hall–Kier alpha value is -3.16. The molecule has 3 nitrogen and oxygen atoms in total. The molecule has 1 saturated carbocycles. The molecule has 33 heavy (non-hydrogen) atoms. The van der Waals surface area contributed by atoms with Crippen LogP contribution in [0.3, 0.4) is 0 Å². The minimum atomic E-state index is -0.650. The third-order valence-corrected chi connectivity index (χ3v) is 7.89. The predicted octanol–water partition coefficient (Wildman–Crippen LogP) is 6.43. The van der Waals surface area contributed by atoms with Crippen LogP contribution in [0.5, 0.6) is 5.75 Å². The second-order valence-electron chi connectivity index (χ2n) is 8.10. The van der Waals surface area contributed by atoms with Gasteiger partial charge in [0.05, 0.1) is 10.9 Å². The van der Waals surface area contributed by atoms with Gasteiger partial charge in [-0.1, -0.05) is 54.8 Å². The van der Waals surface area contributed by atoms with Crippen LogP contribution >= 0.6 is 0 Å². The highest BCUT2D eigenvalue weighted by Gasteiger charge is 2.34. The molecule has 1 aliphatic carbocycles. The van der Waals surface area contributed by atoms with E-state index in [0.29, 0.717) is 5.75 Å². The molecule has 4 heteroatoms. The van der Waals surface area contributed by atoms with Crippen LogP contribution in [0.15, 0.2) is 99.6 Å². The number of esters is 1. The molecule has 0 amide bonds. The van der Waals surface area contributed by atoms with Crippen LogP contribution in [-0.4, -0.2) is 18.2 Å². The first-order chi connectivity index (χ1) is 16.2. The molecule has 4 rings (SSSR count). The molecule has 0 aliphatic heterocycles. The van der Waals surface area contributed by atoms with Gasteiger partial charge in [0.1, 0.15) is 5.75 Å². The fourth-order valence-corrected chi connectivity index (χ4v) is 6.33. The molecule has 0 heterocycles. The van der Waals surface area contributed by atoms with Crippen molar-refractivity contribution in [2.45, 2.75) is 59.3 Å². The molecule has 0 unspecified atom stereocenters. The quantitative estimate of drug-likeness (QED) is 0.233. The number of rotatable bonds is 7. The summed E-state index contributed by atoms with van der Waals surface area (Å²) in [4.78, 5) is 16.2. The van der Waals surface area contributed by atoms with Crippen molar-refractivity contribution in [2.75, 3.05) is 6.61 Å². The zero-order valence-corrected chi connectivity index (χ0v) is 19.8. The standard InChI is InChI=1S/C29H29O3S/c1-2-19-29(20-10-5-11-21-29)32-28(30)23-31-24-13-12-18-27(22-24)33(25-14-6-3-7-15-25)26-16-8-4-9-17-26/h3-4,6-9,12-18,22H,5,10-11,20-21,23H2,1H3/q+1. The molecule has 0 atom stereocenters. The van der Waals surface area contributed by atoms with Gasteiger partial charge in [-0.15, -0.1) is 5.92 Å². The van der Waals surface area contributed by atoms with E-state index in [1.165, 1.54) is 16.2 Å². The van der Waals surface area contributed by atoms with E-state index < -0.39 is 5.60 Å². The summed E-state index contributed by atoms with van der Waals surface area (Å²) in [5, 5.41) is 0. The molecule has 3 aromatic rings. The van der Waals surface area contributed by atoms with Gasteiger partial charge in [-0.25, -0.2) is 4.79 Å². The van der Waals surface area contributed by atoms with Crippen LogP contribution in [-0.2, 0) is 20.4 Å². The second kappa shape index (κ2) is 11.1. The highest BCUT2D eigenvalue weighted by molar-refractivity contribution is 7.97. The lowest BCUT2D eigenvalue weighted by Gasteiger charge is -2.32. The maximum atomic E-state index is 12.6. The maximum absolute atomic E-state index is 12.6. The van der Waals surface area contributed by atoms with Crippen LogP contribution in [0, 0.1) is 11.8 Å². The number of benzene rings is 3. The topological polar surface area (TPSA) is 35.5 Å². The molecule has 0 radical (unpaired) electrons. The van der Waals surface area contributed by atoms with E-state index in [0.717, 1.165) is 30.6 Å². The van der Waals surface area contributed by atoms with Crippen molar-refractivity contribution < 1.29 is 14.3 Å². The number of ether oxygens (including phenoxy) is 2. The Morgan fingerprint density at radius 3 is 2.06 bits per heavy atom. The Kier molecular flexibility index (Phi) is 7.75. The Morgan fingerprint density at radius 2 is 1.45 bits per heavy atom. The largest absolute Gasteiger partial charge is 0.482 e. The molecule has 3 aromatic carbocycles. The van der Waals surface area contributed by atoms with Gasteiger partial charge in [-0.2, -0.15) is 0 Å². The summed E-state index contributed by atoms with van der Waals surface area (Å²) < 4.78 is 11.7. The fourth-order valence-electron chi connectivity index (χ4n) is 4.21. The van der Waals surface area contributed by atoms with Crippen molar-refractivity contribution in [1.82, 2.24) is 0 Å². The van der Waals surface area contributed by atoms with E-state index in [9.17, 15) is 4.79 Å². The molecule has 0 spiro atoms. The van der Waals surface area contributed by atoms with E-state index in [2.05, 4.69) is 66.4 Å². The van der Waals surface area contributed by atoms with E-state index in [1.54, 1.807) is 6.92 Å². The highest BCUT2D eigenvalue weighted by Crippen LogP contribution is 2.33. The summed E-state index contributed by atoms with van der Waals surface area (Å²) in [6.07, 6.45) is 4.83. The molecule has 0 saturated heterocycles. The van der Waals surface area contributed by atoms with E-state index >= 15 is 0 Å². The Balaban J connectivity index is 1.50. The van der Waals surface area contributed by atoms with Crippen LogP contribution in [0.4, 0.5) is 0 Å². The average molecular weight is 458 g/mol. The summed E-state index contributed by atoms with van der Waals surface area (Å²) in [5.74, 6) is 6.38. The number of hydrogen-bond acceptors (Lipinski definition) is 3. The van der Waals surface area contributed by atoms with Crippen molar-refractivity contribution in [3.05, 3.63) is 84.9 Å². The SMILES string of the molecule is CC#CC1(OC(=O)COc2cccc([S+](c3ccccc3)c3ccccc3)c2)CCCCC1. The lowest BCUT2D eigenvalue weighted by atomic mass is 9.85. The summed E-state index contributed by atoms with van der Waals surface area (Å²) in [5.41, 5.74) is -0.650. The number of carbonyl (C=O) groups excluding carboxylic acids is 1. The first-order valence-corrected chi connectivity index (χ1v) is 12.6. The van der Waals surface area contributed by atoms with Crippen LogP contribution in [0.25, 0.3) is 0 Å². The summed E-state index contributed by atoms with van der Waals surface area (Å²) in [7, 11) is -0.269. The van der Waals surface area contributed by atoms with E-state index in [-0.39, 0.29) is 23.5 Å². The maximum Gasteiger partial charge on any atom is 0.345 e. The minimum Gasteiger partial charge on any atom is -0.482 e. The summed E-state index contributed by atoms with van der Waals surface area (Å²) in [6.45, 7) is 1.67. The van der Waals surface area contributed by atoms with Crippen LogP contribution in [0.1, 0.15) is 39.0 Å². The molecule has 0 bridgehead atoms. The molecule has 1 fully saturated rings. The van der Waals surface area contributed by atoms with Crippen molar-refractivity contribution >= 4 is 16.9 Å². The lowest BCUT2D eigenvalue weighted by Crippen LogP contribution is -2.37. The van der Waals surface area contributed by atoms with Gasteiger partial charge in [-0.3, -0.25) is 0 Å². The van der Waals surface area contributed by atoms with Gasteiger partial charge >= 0.3 is 5.97 Å². The highest BCUT2D eigenvalue weighted by atomic mass is 32.2. The number of hydrogen-bond donors (Lipinski definition) is 0. The van der Waals surface area contributed by atoms with Crippen molar-refractivity contribution in [1.29, 1.82) is 0 Å². The van der Waals surface area contributed by atoms with Crippen molar-refractivity contribution in [3.63, 3.8) is 0 Å². The Labute approximate surface area is 199 Å². The average Bonchev–Trinajstić information content (AvgIpc) is 2.85. The normalized spacial score (nSPS) is 14.7. The van der Waals surface area contributed by atoms with Crippen LogP contribution < -0.4 is 4.74 Å². The van der Waals surface area contributed by atoms with E-state index in [1.807, 2.05) is 30.3 Å². The summed E-state index contributed by atoms with van der Waals surface area (Å²) >= 11 is 0. The monoisotopic (exact) mass is 457 g/mol. The van der Waals surface area contributed by atoms with Gasteiger partial charge in [0.25, 0.3) is 0 Å². The smallest absolute Gasteiger partial charge is 0.345 e. The summed E-state index contributed by atoms with van der Waals surface area (Å²) in [6, 6.07) is 28.9. The first kappa shape index (κ1) is 23.0. The van der Waals surface area contributed by atoms with Gasteiger partial charge in [0, 0.05) is 6.07 Å². The second-order valence-corrected chi connectivity index (χ2v) is 10.1. The fraction of sp³-hybridized carbons (Fsp3) is 0.276. The zero-order valence-electron chi connectivity index (χ0n) is 19.0. The molecule has 0 N–H and O–H groups in total. The van der Waals surface area contributed by atoms with Gasteiger partial charge in [0.15, 0.2) is 26.9 Å². The Bertz CT molecular complexity index is 1070. The van der Waals surface area contributed by atoms with Gasteiger partial charge in [0.2, 0.25) is 0 Å². The third kappa shape index (κ3) is 6.00. The minimum absolute atomic E-state index is 0.124. The molecule has 0 aromatic heterocycles.